The molecular formula is C22H21F3N4. The summed E-state index contributed by atoms with van der Waals surface area (Å²) < 4.78 is 40.6. The van der Waals surface area contributed by atoms with Gasteiger partial charge in [0.25, 0.3) is 6.43 Å². The number of pyridine rings is 2. The third-order valence-corrected chi connectivity index (χ3v) is 5.15. The average Bonchev–Trinajstić information content (AvgIpc) is 2.74. The lowest BCUT2D eigenvalue weighted by Gasteiger charge is -2.19. The fourth-order valence-corrected chi connectivity index (χ4v) is 3.59. The fourth-order valence-electron chi connectivity index (χ4n) is 3.59. The number of aromatic nitrogens is 2. The van der Waals surface area contributed by atoms with Crippen LogP contribution in [0.25, 0.3) is 16.5 Å². The number of halogens is 3. The largest absolute Gasteiger partial charge is 0.378 e. The van der Waals surface area contributed by atoms with Crippen LogP contribution in [-0.4, -0.2) is 23.1 Å². The van der Waals surface area contributed by atoms with Crippen LogP contribution in [0.1, 0.15) is 42.6 Å². The number of nitrogens with one attached hydrogen (secondary N) is 2. The SMILES string of the molecule is C[C@@H](Nc1ccnc2cnc(C3=CCNCC3)cc12)c1cccc(C(F)F)c1F. The molecule has 2 aromatic heterocycles. The summed E-state index contributed by atoms with van der Waals surface area (Å²) in [6.45, 7) is 3.46. The van der Waals surface area contributed by atoms with Gasteiger partial charge in [-0.2, -0.15) is 0 Å². The van der Waals surface area contributed by atoms with E-state index in [2.05, 4.69) is 26.7 Å². The van der Waals surface area contributed by atoms with Crippen molar-refractivity contribution in [2.75, 3.05) is 18.4 Å². The molecule has 0 aliphatic carbocycles. The van der Waals surface area contributed by atoms with E-state index >= 15 is 0 Å². The fraction of sp³-hybridized carbons (Fsp3) is 0.273. The van der Waals surface area contributed by atoms with Gasteiger partial charge in [0.05, 0.1) is 29.0 Å². The monoisotopic (exact) mass is 398 g/mol. The Hall–Kier alpha value is -2.93. The Morgan fingerprint density at radius 2 is 1.97 bits per heavy atom. The number of benzene rings is 1. The van der Waals surface area contributed by atoms with E-state index < -0.39 is 23.8 Å². The Labute approximate surface area is 166 Å². The summed E-state index contributed by atoms with van der Waals surface area (Å²) in [5, 5.41) is 7.39. The molecule has 0 spiro atoms. The molecular weight excluding hydrogens is 377 g/mol. The van der Waals surface area contributed by atoms with E-state index in [0.29, 0.717) is 5.52 Å². The lowest BCUT2D eigenvalue weighted by Crippen LogP contribution is -2.20. The molecule has 7 heteroatoms. The molecule has 1 atom stereocenters. The van der Waals surface area contributed by atoms with Crippen LogP contribution in [0.3, 0.4) is 0 Å². The molecule has 0 fully saturated rings. The van der Waals surface area contributed by atoms with Crippen LogP contribution < -0.4 is 10.6 Å². The predicted octanol–water partition coefficient (Wildman–Crippen LogP) is 5.26. The number of alkyl halides is 2. The van der Waals surface area contributed by atoms with E-state index in [9.17, 15) is 13.2 Å². The van der Waals surface area contributed by atoms with Crippen molar-refractivity contribution < 1.29 is 13.2 Å². The standard InChI is InChI=1S/C22H21F3N4/c1-13(15-3-2-4-16(21(15)23)22(24)25)29-18-7-10-27-20-12-28-19(11-17(18)20)14-5-8-26-9-6-14/h2-5,7,10-13,22,26H,6,8-9H2,1H3,(H,27,29)/t13-/m1/s1. The highest BCUT2D eigenvalue weighted by molar-refractivity contribution is 5.92. The minimum absolute atomic E-state index is 0.197. The average molecular weight is 398 g/mol. The molecule has 4 nitrogen and oxygen atoms in total. The summed E-state index contributed by atoms with van der Waals surface area (Å²) in [7, 11) is 0. The topological polar surface area (TPSA) is 49.8 Å². The summed E-state index contributed by atoms with van der Waals surface area (Å²) in [5.74, 6) is -0.872. The maximum Gasteiger partial charge on any atom is 0.266 e. The first-order chi connectivity index (χ1) is 14.0. The number of rotatable bonds is 5. The second kappa shape index (κ2) is 8.21. The van der Waals surface area contributed by atoms with Gasteiger partial charge in [0.2, 0.25) is 0 Å². The number of nitrogens with zero attached hydrogens (tertiary/aromatic N) is 2. The van der Waals surface area contributed by atoms with Gasteiger partial charge >= 0.3 is 0 Å². The van der Waals surface area contributed by atoms with Crippen LogP contribution in [0.5, 0.6) is 0 Å². The van der Waals surface area contributed by atoms with E-state index in [-0.39, 0.29) is 5.56 Å². The van der Waals surface area contributed by atoms with Crippen LogP contribution in [0.4, 0.5) is 18.9 Å². The summed E-state index contributed by atoms with van der Waals surface area (Å²) in [5.41, 5.74) is 3.13. The van der Waals surface area contributed by atoms with Crippen molar-refractivity contribution in [3.05, 3.63) is 71.4 Å². The van der Waals surface area contributed by atoms with E-state index in [1.165, 1.54) is 17.7 Å². The van der Waals surface area contributed by atoms with Crippen molar-refractivity contribution in [3.8, 4) is 0 Å². The molecule has 2 N–H and O–H groups in total. The van der Waals surface area contributed by atoms with Crippen LogP contribution in [0.2, 0.25) is 0 Å². The molecule has 1 aromatic carbocycles. The Kier molecular flexibility index (Phi) is 5.49. The normalized spacial score (nSPS) is 15.4. The maximum atomic E-state index is 14.5. The van der Waals surface area contributed by atoms with Crippen LogP contribution in [-0.2, 0) is 0 Å². The number of hydrogen-bond donors (Lipinski definition) is 2. The highest BCUT2D eigenvalue weighted by Gasteiger charge is 2.20. The van der Waals surface area contributed by atoms with E-state index in [1.54, 1.807) is 25.4 Å². The molecule has 4 rings (SSSR count). The first kappa shape index (κ1) is 19.4. The van der Waals surface area contributed by atoms with Crippen molar-refractivity contribution in [2.24, 2.45) is 0 Å². The molecule has 0 radical (unpaired) electrons. The van der Waals surface area contributed by atoms with Crippen molar-refractivity contribution >= 4 is 22.2 Å². The molecule has 0 unspecified atom stereocenters. The zero-order valence-electron chi connectivity index (χ0n) is 15.9. The van der Waals surface area contributed by atoms with Crippen LogP contribution >= 0.6 is 0 Å². The maximum absolute atomic E-state index is 14.5. The number of fused-ring (bicyclic) bond motifs is 1. The van der Waals surface area contributed by atoms with Gasteiger partial charge in [-0.1, -0.05) is 24.3 Å². The molecule has 0 saturated carbocycles. The quantitative estimate of drug-likeness (QED) is 0.616. The Morgan fingerprint density at radius 1 is 1.14 bits per heavy atom. The smallest absolute Gasteiger partial charge is 0.266 e. The second-order valence-electron chi connectivity index (χ2n) is 7.05. The van der Waals surface area contributed by atoms with Gasteiger partial charge < -0.3 is 10.6 Å². The highest BCUT2D eigenvalue weighted by Crippen LogP contribution is 2.31. The van der Waals surface area contributed by atoms with Crippen LogP contribution in [0.15, 0.2) is 48.8 Å². The predicted molar refractivity (Wildman–Crippen MR) is 108 cm³/mol. The molecule has 0 bridgehead atoms. The van der Waals surface area contributed by atoms with Crippen LogP contribution in [0, 0.1) is 5.82 Å². The van der Waals surface area contributed by atoms with E-state index in [1.807, 2.05) is 6.07 Å². The van der Waals surface area contributed by atoms with Gasteiger partial charge in [-0.3, -0.25) is 9.97 Å². The van der Waals surface area contributed by atoms with Gasteiger partial charge in [-0.15, -0.1) is 0 Å². The highest BCUT2D eigenvalue weighted by atomic mass is 19.3. The zero-order valence-corrected chi connectivity index (χ0v) is 15.9. The summed E-state index contributed by atoms with van der Waals surface area (Å²) in [6.07, 6.45) is 3.53. The molecule has 3 heterocycles. The minimum atomic E-state index is -2.85. The first-order valence-electron chi connectivity index (χ1n) is 9.52. The second-order valence-corrected chi connectivity index (χ2v) is 7.05. The van der Waals surface area contributed by atoms with Gasteiger partial charge in [-0.25, -0.2) is 13.2 Å². The third-order valence-electron chi connectivity index (χ3n) is 5.15. The summed E-state index contributed by atoms with van der Waals surface area (Å²) in [4.78, 5) is 8.88. The van der Waals surface area contributed by atoms with Gasteiger partial charge in [0.15, 0.2) is 0 Å². The summed E-state index contributed by atoms with van der Waals surface area (Å²) >= 11 is 0. The molecule has 29 heavy (non-hydrogen) atoms. The molecule has 150 valence electrons. The molecule has 1 aliphatic heterocycles. The van der Waals surface area contributed by atoms with Gasteiger partial charge in [0.1, 0.15) is 5.82 Å². The summed E-state index contributed by atoms with van der Waals surface area (Å²) in [6, 6.07) is 7.36. The number of hydrogen-bond acceptors (Lipinski definition) is 4. The number of anilines is 1. The lowest BCUT2D eigenvalue weighted by atomic mass is 10.0. The first-order valence-corrected chi connectivity index (χ1v) is 9.52. The van der Waals surface area contributed by atoms with Crippen molar-refractivity contribution in [3.63, 3.8) is 0 Å². The zero-order chi connectivity index (χ0) is 20.4. The van der Waals surface area contributed by atoms with Gasteiger partial charge in [0, 0.05) is 29.4 Å². The van der Waals surface area contributed by atoms with Crippen molar-refractivity contribution in [1.29, 1.82) is 0 Å². The van der Waals surface area contributed by atoms with Crippen molar-refractivity contribution in [1.82, 2.24) is 15.3 Å². The van der Waals surface area contributed by atoms with Crippen molar-refractivity contribution in [2.45, 2.75) is 25.8 Å². The van der Waals surface area contributed by atoms with E-state index in [0.717, 1.165) is 42.3 Å². The Balaban J connectivity index is 1.69. The molecule has 1 aliphatic rings. The molecule has 3 aromatic rings. The minimum Gasteiger partial charge on any atom is -0.378 e. The van der Waals surface area contributed by atoms with E-state index in [4.69, 9.17) is 0 Å². The lowest BCUT2D eigenvalue weighted by molar-refractivity contribution is 0.146. The Bertz CT molecular complexity index is 1070. The molecule has 0 amide bonds. The van der Waals surface area contributed by atoms with Gasteiger partial charge in [-0.05, 0) is 37.6 Å². The Morgan fingerprint density at radius 3 is 2.72 bits per heavy atom. The third kappa shape index (κ3) is 3.96. The molecule has 0 saturated heterocycles.